The molecule has 0 spiro atoms. The molecule has 0 aliphatic heterocycles. The molecule has 1 fully saturated rings. The minimum Gasteiger partial charge on any atom is -0.273 e. The zero-order valence-corrected chi connectivity index (χ0v) is 11.2. The second kappa shape index (κ2) is 6.08. The average molecular weight is 218 g/mol. The predicted octanol–water partition coefficient (Wildman–Crippen LogP) is 0.331. The van der Waals surface area contributed by atoms with Crippen LogP contribution in [-0.2, 0) is 10.3 Å². The van der Waals surface area contributed by atoms with Crippen LogP contribution in [0.4, 0.5) is 0 Å². The monoisotopic (exact) mass is 218 g/mol. The SMILES string of the molecule is O=S(=O)(O)NC1CCCCC1.[K]. The fraction of sp³-hybridized carbons (Fsp3) is 1.00. The van der Waals surface area contributed by atoms with E-state index in [1.807, 2.05) is 0 Å². The zero-order valence-electron chi connectivity index (χ0n) is 7.28. The average Bonchev–Trinajstić information content (AvgIpc) is 1.85. The van der Waals surface area contributed by atoms with Crippen LogP contribution in [0.15, 0.2) is 0 Å². The zero-order chi connectivity index (χ0) is 8.32. The Hall–Kier alpha value is 1.51. The van der Waals surface area contributed by atoms with Crippen molar-refractivity contribution in [3.05, 3.63) is 0 Å². The van der Waals surface area contributed by atoms with Crippen molar-refractivity contribution in [1.82, 2.24) is 4.72 Å². The first-order valence-corrected chi connectivity index (χ1v) is 5.27. The topological polar surface area (TPSA) is 66.4 Å². The van der Waals surface area contributed by atoms with E-state index < -0.39 is 10.3 Å². The summed E-state index contributed by atoms with van der Waals surface area (Å²) in [5.41, 5.74) is 0. The van der Waals surface area contributed by atoms with Gasteiger partial charge >= 0.3 is 10.3 Å². The third-order valence-corrected chi connectivity index (χ3v) is 2.55. The largest absolute Gasteiger partial charge is 0.333 e. The van der Waals surface area contributed by atoms with E-state index in [9.17, 15) is 8.42 Å². The van der Waals surface area contributed by atoms with Crippen LogP contribution in [-0.4, -0.2) is 70.4 Å². The number of nitrogens with one attached hydrogen (secondary N) is 1. The van der Waals surface area contributed by atoms with E-state index in [2.05, 4.69) is 4.72 Å². The fourth-order valence-electron chi connectivity index (χ4n) is 1.43. The third kappa shape index (κ3) is 6.04. The molecule has 0 heterocycles. The minimum atomic E-state index is -3.97. The fourth-order valence-corrected chi connectivity index (χ4v) is 2.09. The second-order valence-electron chi connectivity index (χ2n) is 2.93. The molecule has 0 amide bonds. The van der Waals surface area contributed by atoms with Gasteiger partial charge in [0.2, 0.25) is 0 Å². The summed E-state index contributed by atoms with van der Waals surface area (Å²) in [5, 5.41) is 0. The van der Waals surface area contributed by atoms with Crippen molar-refractivity contribution in [1.29, 1.82) is 0 Å². The standard InChI is InChI=1S/C6H13NO3S.K/c8-11(9,10)7-6-4-2-1-3-5-6;/h6-7H,1-5H2,(H,8,9,10);. The maximum absolute atomic E-state index is 10.3. The molecule has 0 aromatic heterocycles. The summed E-state index contributed by atoms with van der Waals surface area (Å²) in [7, 11) is -3.97. The third-order valence-electron chi connectivity index (χ3n) is 1.92. The van der Waals surface area contributed by atoms with Crippen molar-refractivity contribution in [3.8, 4) is 0 Å². The molecule has 0 unspecified atom stereocenters. The quantitative estimate of drug-likeness (QED) is 0.518. The Balaban J connectivity index is 0.00000121. The van der Waals surface area contributed by atoms with E-state index in [0.29, 0.717) is 0 Å². The van der Waals surface area contributed by atoms with Crippen molar-refractivity contribution in [2.75, 3.05) is 0 Å². The summed E-state index contributed by atoms with van der Waals surface area (Å²) < 4.78 is 31.3. The predicted molar refractivity (Wildman–Crippen MR) is 47.3 cm³/mol. The number of hydrogen-bond donors (Lipinski definition) is 2. The van der Waals surface area contributed by atoms with Gasteiger partial charge in [-0.25, -0.2) is 0 Å². The van der Waals surface area contributed by atoms with Crippen molar-refractivity contribution in [2.45, 2.75) is 38.1 Å². The number of hydrogen-bond acceptors (Lipinski definition) is 2. The first-order valence-electron chi connectivity index (χ1n) is 3.83. The normalized spacial score (nSPS) is 20.1. The second-order valence-corrected chi connectivity index (χ2v) is 4.11. The van der Waals surface area contributed by atoms with E-state index >= 15 is 0 Å². The van der Waals surface area contributed by atoms with Gasteiger partial charge in [0.25, 0.3) is 0 Å². The Morgan fingerprint density at radius 1 is 1.17 bits per heavy atom. The minimum absolute atomic E-state index is 0. The van der Waals surface area contributed by atoms with Crippen LogP contribution in [0.1, 0.15) is 32.1 Å². The van der Waals surface area contributed by atoms with Gasteiger partial charge in [0.15, 0.2) is 0 Å². The van der Waals surface area contributed by atoms with Crippen LogP contribution in [0.2, 0.25) is 0 Å². The van der Waals surface area contributed by atoms with Gasteiger partial charge in [0.1, 0.15) is 0 Å². The molecule has 6 heteroatoms. The molecule has 0 aromatic rings. The first kappa shape index (κ1) is 13.5. The number of rotatable bonds is 2. The molecule has 2 N–H and O–H groups in total. The van der Waals surface area contributed by atoms with Crippen LogP contribution >= 0.6 is 0 Å². The molecule has 0 bridgehead atoms. The van der Waals surface area contributed by atoms with Crippen molar-refractivity contribution in [2.24, 2.45) is 0 Å². The molecular weight excluding hydrogens is 205 g/mol. The molecule has 1 rings (SSSR count). The van der Waals surface area contributed by atoms with Crippen LogP contribution in [0.5, 0.6) is 0 Å². The van der Waals surface area contributed by atoms with E-state index in [1.54, 1.807) is 0 Å². The Kier molecular flexibility index (Phi) is 6.84. The Labute approximate surface area is 116 Å². The van der Waals surface area contributed by atoms with Gasteiger partial charge in [-0.3, -0.25) is 4.55 Å². The van der Waals surface area contributed by atoms with E-state index in [4.69, 9.17) is 4.55 Å². The van der Waals surface area contributed by atoms with E-state index in [1.165, 1.54) is 6.42 Å². The molecule has 0 aromatic carbocycles. The van der Waals surface area contributed by atoms with E-state index in [0.717, 1.165) is 25.7 Å². The summed E-state index contributed by atoms with van der Waals surface area (Å²) in [5.74, 6) is 0. The molecule has 4 nitrogen and oxygen atoms in total. The molecule has 0 saturated heterocycles. The summed E-state index contributed by atoms with van der Waals surface area (Å²) in [6.07, 6.45) is 4.96. The summed E-state index contributed by atoms with van der Waals surface area (Å²) >= 11 is 0. The first-order chi connectivity index (χ1) is 5.08. The molecule has 1 aliphatic rings. The smallest absolute Gasteiger partial charge is 0.273 e. The maximum Gasteiger partial charge on any atom is 0.333 e. The van der Waals surface area contributed by atoms with Gasteiger partial charge in [0, 0.05) is 57.4 Å². The Bertz CT molecular complexity index is 211. The molecule has 0 atom stereocenters. The maximum atomic E-state index is 10.3. The molecule has 67 valence electrons. The summed E-state index contributed by atoms with van der Waals surface area (Å²) in [6.45, 7) is 0. The van der Waals surface area contributed by atoms with Gasteiger partial charge in [0.05, 0.1) is 0 Å². The molecule has 12 heavy (non-hydrogen) atoms. The van der Waals surface area contributed by atoms with Crippen LogP contribution in [0.25, 0.3) is 0 Å². The molecule has 1 radical (unpaired) electrons. The van der Waals surface area contributed by atoms with Gasteiger partial charge in [-0.2, -0.15) is 13.1 Å². The van der Waals surface area contributed by atoms with Crippen molar-refractivity contribution < 1.29 is 13.0 Å². The van der Waals surface area contributed by atoms with Crippen LogP contribution in [0, 0.1) is 0 Å². The Morgan fingerprint density at radius 2 is 1.67 bits per heavy atom. The summed E-state index contributed by atoms with van der Waals surface area (Å²) in [6, 6.07) is -0.0428. The van der Waals surface area contributed by atoms with Gasteiger partial charge in [-0.05, 0) is 12.8 Å². The van der Waals surface area contributed by atoms with Gasteiger partial charge in [-0.1, -0.05) is 19.3 Å². The Morgan fingerprint density at radius 3 is 2.08 bits per heavy atom. The van der Waals surface area contributed by atoms with Crippen molar-refractivity contribution in [3.63, 3.8) is 0 Å². The van der Waals surface area contributed by atoms with Crippen LogP contribution < -0.4 is 4.72 Å². The molecular formula is C6H13KNO3S. The summed E-state index contributed by atoms with van der Waals surface area (Å²) in [4.78, 5) is 0. The van der Waals surface area contributed by atoms with Gasteiger partial charge < -0.3 is 0 Å². The molecule has 1 aliphatic carbocycles. The van der Waals surface area contributed by atoms with E-state index in [-0.39, 0.29) is 57.4 Å². The van der Waals surface area contributed by atoms with Crippen LogP contribution in [0.3, 0.4) is 0 Å². The van der Waals surface area contributed by atoms with Crippen molar-refractivity contribution >= 4 is 61.7 Å². The van der Waals surface area contributed by atoms with Gasteiger partial charge in [-0.15, -0.1) is 0 Å². The molecule has 1 saturated carbocycles.